The monoisotopic (exact) mass is 251 g/mol. The van der Waals surface area contributed by atoms with E-state index in [9.17, 15) is 9.18 Å². The van der Waals surface area contributed by atoms with Crippen molar-refractivity contribution in [3.63, 3.8) is 0 Å². The van der Waals surface area contributed by atoms with Crippen LogP contribution in [-0.4, -0.2) is 22.4 Å². The van der Waals surface area contributed by atoms with Gasteiger partial charge < -0.3 is 5.73 Å². The van der Waals surface area contributed by atoms with E-state index in [4.69, 9.17) is 5.73 Å². The van der Waals surface area contributed by atoms with Crippen LogP contribution in [0.15, 0.2) is 29.3 Å². The van der Waals surface area contributed by atoms with Crippen LogP contribution in [-0.2, 0) is 0 Å². The van der Waals surface area contributed by atoms with Crippen molar-refractivity contribution in [1.29, 1.82) is 0 Å². The minimum Gasteiger partial charge on any atom is -0.364 e. The molecule has 0 spiro atoms. The molecule has 4 nitrogen and oxygen atoms in total. The van der Waals surface area contributed by atoms with Gasteiger partial charge in [-0.05, 0) is 24.0 Å². The molecule has 3 N–H and O–H groups in total. The SMILES string of the molecule is CSc1[nH]nc(C(N)=O)c1-c1ccc(F)cc1. The molecule has 0 unspecified atom stereocenters. The van der Waals surface area contributed by atoms with E-state index in [2.05, 4.69) is 10.2 Å². The van der Waals surface area contributed by atoms with Crippen molar-refractivity contribution in [3.05, 3.63) is 35.8 Å². The first-order chi connectivity index (χ1) is 8.13. The van der Waals surface area contributed by atoms with Gasteiger partial charge in [0.25, 0.3) is 5.91 Å². The number of primary amides is 1. The average molecular weight is 251 g/mol. The number of carbonyl (C=O) groups excluding carboxylic acids is 1. The zero-order chi connectivity index (χ0) is 12.4. The van der Waals surface area contributed by atoms with Gasteiger partial charge in [-0.3, -0.25) is 9.89 Å². The third-order valence-electron chi connectivity index (χ3n) is 2.30. The second-order valence-electron chi connectivity index (χ2n) is 3.35. The van der Waals surface area contributed by atoms with Crippen molar-refractivity contribution in [2.75, 3.05) is 6.26 Å². The number of aromatic amines is 1. The Bertz CT molecular complexity index is 550. The second kappa shape index (κ2) is 4.58. The van der Waals surface area contributed by atoms with Crippen LogP contribution in [0.4, 0.5) is 4.39 Å². The van der Waals surface area contributed by atoms with Crippen LogP contribution < -0.4 is 5.73 Å². The van der Waals surface area contributed by atoms with Gasteiger partial charge >= 0.3 is 0 Å². The fraction of sp³-hybridized carbons (Fsp3) is 0.0909. The summed E-state index contributed by atoms with van der Waals surface area (Å²) in [5.41, 5.74) is 6.74. The fourth-order valence-corrected chi connectivity index (χ4v) is 2.09. The van der Waals surface area contributed by atoms with Crippen LogP contribution in [0.3, 0.4) is 0 Å². The minimum atomic E-state index is -0.610. The molecule has 0 bridgehead atoms. The topological polar surface area (TPSA) is 71.8 Å². The molecule has 0 aliphatic rings. The van der Waals surface area contributed by atoms with Crippen molar-refractivity contribution >= 4 is 17.7 Å². The van der Waals surface area contributed by atoms with Crippen LogP contribution >= 0.6 is 11.8 Å². The first-order valence-electron chi connectivity index (χ1n) is 4.81. The molecule has 6 heteroatoms. The molecule has 0 radical (unpaired) electrons. The van der Waals surface area contributed by atoms with Crippen LogP contribution in [0.5, 0.6) is 0 Å². The van der Waals surface area contributed by atoms with E-state index in [0.717, 1.165) is 5.03 Å². The van der Waals surface area contributed by atoms with Crippen molar-refractivity contribution in [2.24, 2.45) is 5.73 Å². The average Bonchev–Trinajstić information content (AvgIpc) is 2.73. The Morgan fingerprint density at radius 2 is 2.06 bits per heavy atom. The van der Waals surface area contributed by atoms with E-state index in [1.807, 2.05) is 6.26 Å². The smallest absolute Gasteiger partial charge is 0.269 e. The molecule has 1 heterocycles. The Balaban J connectivity index is 2.59. The zero-order valence-electron chi connectivity index (χ0n) is 9.03. The molecule has 0 saturated heterocycles. The van der Waals surface area contributed by atoms with Crippen molar-refractivity contribution < 1.29 is 9.18 Å². The Hall–Kier alpha value is -1.82. The predicted molar refractivity (Wildman–Crippen MR) is 64.3 cm³/mol. The Labute approximate surface area is 101 Å². The fourth-order valence-electron chi connectivity index (χ4n) is 1.54. The Kier molecular flexibility index (Phi) is 3.14. The van der Waals surface area contributed by atoms with Crippen LogP contribution in [0.2, 0.25) is 0 Å². The maximum atomic E-state index is 12.8. The van der Waals surface area contributed by atoms with Gasteiger partial charge in [-0.25, -0.2) is 4.39 Å². The third kappa shape index (κ3) is 2.16. The number of nitrogens with two attached hydrogens (primary N) is 1. The molecule has 0 atom stereocenters. The van der Waals surface area contributed by atoms with E-state index in [1.165, 1.54) is 23.9 Å². The molecule has 2 rings (SSSR count). The van der Waals surface area contributed by atoms with Gasteiger partial charge in [0, 0.05) is 5.56 Å². The van der Waals surface area contributed by atoms with Gasteiger partial charge in [-0.15, -0.1) is 11.8 Å². The van der Waals surface area contributed by atoms with E-state index in [1.54, 1.807) is 12.1 Å². The first-order valence-corrected chi connectivity index (χ1v) is 6.04. The molecule has 88 valence electrons. The molecule has 0 aliphatic heterocycles. The quantitative estimate of drug-likeness (QED) is 0.820. The van der Waals surface area contributed by atoms with E-state index < -0.39 is 5.91 Å². The molecular formula is C11H10FN3OS. The van der Waals surface area contributed by atoms with Crippen molar-refractivity contribution in [3.8, 4) is 11.1 Å². The Morgan fingerprint density at radius 3 is 2.59 bits per heavy atom. The molecule has 1 amide bonds. The third-order valence-corrected chi connectivity index (χ3v) is 3.01. The summed E-state index contributed by atoms with van der Waals surface area (Å²) in [6.45, 7) is 0. The molecule has 0 fully saturated rings. The number of nitrogens with zero attached hydrogens (tertiary/aromatic N) is 1. The van der Waals surface area contributed by atoms with E-state index in [0.29, 0.717) is 11.1 Å². The molecule has 0 saturated carbocycles. The Morgan fingerprint density at radius 1 is 1.41 bits per heavy atom. The highest BCUT2D eigenvalue weighted by atomic mass is 32.2. The van der Waals surface area contributed by atoms with Gasteiger partial charge in [0.05, 0.1) is 5.03 Å². The number of benzene rings is 1. The molecule has 1 aromatic carbocycles. The largest absolute Gasteiger partial charge is 0.364 e. The number of carbonyl (C=O) groups is 1. The molecular weight excluding hydrogens is 241 g/mol. The summed E-state index contributed by atoms with van der Waals surface area (Å²) < 4.78 is 12.8. The van der Waals surface area contributed by atoms with Crippen LogP contribution in [0, 0.1) is 5.82 Å². The van der Waals surface area contributed by atoms with Gasteiger partial charge in [0.15, 0.2) is 5.69 Å². The highest BCUT2D eigenvalue weighted by molar-refractivity contribution is 7.98. The van der Waals surface area contributed by atoms with E-state index in [-0.39, 0.29) is 11.5 Å². The standard InChI is InChI=1S/C11H10FN3OS/c1-17-11-8(9(10(13)16)14-15-11)6-2-4-7(12)5-3-6/h2-5H,1H3,(H2,13,16)(H,14,15). The molecule has 0 aliphatic carbocycles. The number of amides is 1. The number of H-pyrrole nitrogens is 1. The summed E-state index contributed by atoms with van der Waals surface area (Å²) in [5.74, 6) is -0.940. The molecule has 1 aromatic heterocycles. The number of hydrogen-bond donors (Lipinski definition) is 2. The molecule has 2 aromatic rings. The summed E-state index contributed by atoms with van der Waals surface area (Å²) in [6.07, 6.45) is 1.85. The zero-order valence-corrected chi connectivity index (χ0v) is 9.84. The lowest BCUT2D eigenvalue weighted by Gasteiger charge is -2.02. The maximum absolute atomic E-state index is 12.8. The summed E-state index contributed by atoms with van der Waals surface area (Å²) in [6, 6.07) is 5.84. The normalized spacial score (nSPS) is 10.5. The summed E-state index contributed by atoms with van der Waals surface area (Å²) in [5, 5.41) is 7.34. The lowest BCUT2D eigenvalue weighted by atomic mass is 10.1. The highest BCUT2D eigenvalue weighted by Crippen LogP contribution is 2.31. The summed E-state index contributed by atoms with van der Waals surface area (Å²) >= 11 is 1.41. The molecule has 17 heavy (non-hydrogen) atoms. The number of halogens is 1. The summed E-state index contributed by atoms with van der Waals surface area (Å²) in [7, 11) is 0. The number of nitrogens with one attached hydrogen (secondary N) is 1. The van der Waals surface area contributed by atoms with Gasteiger partial charge in [0.2, 0.25) is 0 Å². The number of thioether (sulfide) groups is 1. The van der Waals surface area contributed by atoms with Crippen molar-refractivity contribution in [2.45, 2.75) is 5.03 Å². The number of hydrogen-bond acceptors (Lipinski definition) is 3. The van der Waals surface area contributed by atoms with Crippen LogP contribution in [0.1, 0.15) is 10.5 Å². The first kappa shape index (κ1) is 11.7. The van der Waals surface area contributed by atoms with E-state index >= 15 is 0 Å². The minimum absolute atomic E-state index is 0.168. The van der Waals surface area contributed by atoms with Gasteiger partial charge in [0.1, 0.15) is 5.82 Å². The lowest BCUT2D eigenvalue weighted by molar-refractivity contribution is 0.0996. The summed E-state index contributed by atoms with van der Waals surface area (Å²) in [4.78, 5) is 11.2. The maximum Gasteiger partial charge on any atom is 0.269 e. The number of rotatable bonds is 3. The lowest BCUT2D eigenvalue weighted by Crippen LogP contribution is -2.12. The number of aromatic nitrogens is 2. The van der Waals surface area contributed by atoms with Crippen LogP contribution in [0.25, 0.3) is 11.1 Å². The second-order valence-corrected chi connectivity index (χ2v) is 4.17. The van der Waals surface area contributed by atoms with Gasteiger partial charge in [-0.2, -0.15) is 5.10 Å². The van der Waals surface area contributed by atoms with Gasteiger partial charge in [-0.1, -0.05) is 12.1 Å². The predicted octanol–water partition coefficient (Wildman–Crippen LogP) is 2.04. The van der Waals surface area contributed by atoms with Crippen molar-refractivity contribution in [1.82, 2.24) is 10.2 Å². The highest BCUT2D eigenvalue weighted by Gasteiger charge is 2.18.